The van der Waals surface area contributed by atoms with E-state index in [-0.39, 0.29) is 11.8 Å². The molecule has 0 radical (unpaired) electrons. The number of hydrogen-bond acceptors (Lipinski definition) is 4. The van der Waals surface area contributed by atoms with Crippen LogP contribution in [0.2, 0.25) is 0 Å². The highest BCUT2D eigenvalue weighted by Gasteiger charge is 2.34. The van der Waals surface area contributed by atoms with Gasteiger partial charge in [-0.2, -0.15) is 0 Å². The van der Waals surface area contributed by atoms with E-state index in [1.807, 2.05) is 42.3 Å². The molecular weight excluding hydrogens is 352 g/mol. The Balaban J connectivity index is 1.76. The molecule has 0 spiro atoms. The molecule has 2 aliphatic heterocycles. The highest BCUT2D eigenvalue weighted by Crippen LogP contribution is 2.30. The van der Waals surface area contributed by atoms with E-state index in [0.717, 1.165) is 50.3 Å². The van der Waals surface area contributed by atoms with Gasteiger partial charge in [0.15, 0.2) is 0 Å². The molecular formula is C22H30N4O2. The van der Waals surface area contributed by atoms with Crippen molar-refractivity contribution in [3.8, 4) is 0 Å². The summed E-state index contributed by atoms with van der Waals surface area (Å²) < 4.78 is 0. The molecule has 3 rings (SSSR count). The summed E-state index contributed by atoms with van der Waals surface area (Å²) in [4.78, 5) is 28.1. The number of likely N-dealkylation sites (tertiary alicyclic amines) is 1. The lowest BCUT2D eigenvalue weighted by atomic mass is 9.85. The zero-order valence-corrected chi connectivity index (χ0v) is 16.6. The van der Waals surface area contributed by atoms with Crippen LogP contribution in [0.5, 0.6) is 0 Å². The van der Waals surface area contributed by atoms with Crippen LogP contribution in [0, 0.1) is 5.92 Å². The summed E-state index contributed by atoms with van der Waals surface area (Å²) in [5.74, 6) is 0.959. The van der Waals surface area contributed by atoms with Crippen LogP contribution in [0.1, 0.15) is 24.8 Å². The van der Waals surface area contributed by atoms with Gasteiger partial charge >= 0.3 is 0 Å². The number of nitrogens with zero attached hydrogens (tertiary/aromatic N) is 2. The summed E-state index contributed by atoms with van der Waals surface area (Å²) in [7, 11) is 2.04. The first-order valence-electron chi connectivity index (χ1n) is 9.96. The maximum Gasteiger partial charge on any atom is 0.248 e. The Morgan fingerprint density at radius 3 is 2.50 bits per heavy atom. The molecule has 2 saturated heterocycles. The molecule has 2 fully saturated rings. The Kier molecular flexibility index (Phi) is 6.39. The van der Waals surface area contributed by atoms with Crippen LogP contribution < -0.4 is 11.1 Å². The van der Waals surface area contributed by atoms with Crippen molar-refractivity contribution in [2.45, 2.75) is 31.7 Å². The second kappa shape index (κ2) is 8.95. The van der Waals surface area contributed by atoms with Gasteiger partial charge in [-0.3, -0.25) is 9.59 Å². The fourth-order valence-electron chi connectivity index (χ4n) is 4.42. The lowest BCUT2D eigenvalue weighted by Crippen LogP contribution is -2.52. The lowest BCUT2D eigenvalue weighted by Gasteiger charge is -2.45. The number of amides is 2. The standard InChI is InChI=1S/C22H30N4O2/c1-3-20(27)26-13-10-17(11-14-26)19-9-12-24-22(25(19)2)18(21(23)28)15-16-7-5-4-6-8-16/h3-8,17,19,24H,1,9-15H2,2H3,(H2,23,28)/b22-18+/t19-/m0/s1. The summed E-state index contributed by atoms with van der Waals surface area (Å²) in [6.07, 6.45) is 4.85. The molecule has 0 aromatic heterocycles. The summed E-state index contributed by atoms with van der Waals surface area (Å²) in [5, 5.41) is 3.40. The van der Waals surface area contributed by atoms with Crippen LogP contribution >= 0.6 is 0 Å². The minimum absolute atomic E-state index is 0.0107. The summed E-state index contributed by atoms with van der Waals surface area (Å²) in [6.45, 7) is 5.93. The second-order valence-corrected chi connectivity index (χ2v) is 7.61. The topological polar surface area (TPSA) is 78.7 Å². The van der Waals surface area contributed by atoms with Gasteiger partial charge in [-0.05, 0) is 36.8 Å². The number of piperidine rings is 1. The third-order valence-corrected chi connectivity index (χ3v) is 5.96. The molecule has 1 aromatic carbocycles. The molecule has 6 nitrogen and oxygen atoms in total. The van der Waals surface area contributed by atoms with Gasteiger partial charge in [-0.15, -0.1) is 0 Å². The van der Waals surface area contributed by atoms with Crippen molar-refractivity contribution < 1.29 is 9.59 Å². The minimum Gasteiger partial charge on any atom is -0.371 e. The van der Waals surface area contributed by atoms with Crippen molar-refractivity contribution in [1.29, 1.82) is 0 Å². The Morgan fingerprint density at radius 1 is 1.21 bits per heavy atom. The molecule has 0 aliphatic carbocycles. The molecule has 28 heavy (non-hydrogen) atoms. The fraction of sp³-hybridized carbons (Fsp3) is 0.455. The van der Waals surface area contributed by atoms with Crippen LogP contribution in [-0.2, 0) is 16.0 Å². The van der Waals surface area contributed by atoms with Crippen molar-refractivity contribution in [3.05, 3.63) is 59.9 Å². The predicted octanol–water partition coefficient (Wildman–Crippen LogP) is 1.64. The van der Waals surface area contributed by atoms with Gasteiger partial charge in [-0.1, -0.05) is 36.9 Å². The average molecular weight is 383 g/mol. The van der Waals surface area contributed by atoms with Crippen molar-refractivity contribution >= 4 is 11.8 Å². The van der Waals surface area contributed by atoms with Gasteiger partial charge < -0.3 is 20.9 Å². The number of primary amides is 1. The average Bonchev–Trinajstić information content (AvgIpc) is 2.72. The van der Waals surface area contributed by atoms with E-state index in [1.54, 1.807) is 0 Å². The summed E-state index contributed by atoms with van der Waals surface area (Å²) >= 11 is 0. The van der Waals surface area contributed by atoms with Crippen molar-refractivity contribution in [2.24, 2.45) is 11.7 Å². The quantitative estimate of drug-likeness (QED) is 0.759. The predicted molar refractivity (Wildman–Crippen MR) is 110 cm³/mol. The first kappa shape index (κ1) is 20.0. The molecule has 1 aromatic rings. The monoisotopic (exact) mass is 382 g/mol. The van der Waals surface area contributed by atoms with Crippen LogP contribution in [-0.4, -0.2) is 54.3 Å². The molecule has 2 aliphatic rings. The van der Waals surface area contributed by atoms with Gasteiger partial charge in [-0.25, -0.2) is 0 Å². The van der Waals surface area contributed by atoms with Crippen LogP contribution in [0.4, 0.5) is 0 Å². The van der Waals surface area contributed by atoms with Crippen molar-refractivity contribution in [3.63, 3.8) is 0 Å². The molecule has 0 saturated carbocycles. The maximum atomic E-state index is 12.2. The van der Waals surface area contributed by atoms with Crippen LogP contribution in [0.15, 0.2) is 54.4 Å². The number of nitrogens with two attached hydrogens (primary N) is 1. The molecule has 150 valence electrons. The lowest BCUT2D eigenvalue weighted by molar-refractivity contribution is -0.127. The van der Waals surface area contributed by atoms with Gasteiger partial charge in [0.2, 0.25) is 11.8 Å². The van der Waals surface area contributed by atoms with E-state index in [2.05, 4.69) is 16.8 Å². The van der Waals surface area contributed by atoms with Gasteiger partial charge in [0, 0.05) is 39.1 Å². The van der Waals surface area contributed by atoms with Gasteiger partial charge in [0.1, 0.15) is 5.82 Å². The third-order valence-electron chi connectivity index (χ3n) is 5.96. The Labute approximate surface area is 167 Å². The smallest absolute Gasteiger partial charge is 0.248 e. The summed E-state index contributed by atoms with van der Waals surface area (Å²) in [6, 6.07) is 10.3. The Hall–Kier alpha value is -2.76. The first-order valence-corrected chi connectivity index (χ1v) is 9.96. The number of carbonyl (C=O) groups excluding carboxylic acids is 2. The number of hydrogen-bond donors (Lipinski definition) is 2. The minimum atomic E-state index is -0.384. The Bertz CT molecular complexity index is 751. The maximum absolute atomic E-state index is 12.2. The number of rotatable bonds is 5. The Morgan fingerprint density at radius 2 is 1.89 bits per heavy atom. The first-order chi connectivity index (χ1) is 13.5. The number of carbonyl (C=O) groups is 2. The molecule has 6 heteroatoms. The molecule has 0 unspecified atom stereocenters. The van der Waals surface area contributed by atoms with E-state index in [9.17, 15) is 9.59 Å². The van der Waals surface area contributed by atoms with Gasteiger partial charge in [0.25, 0.3) is 0 Å². The van der Waals surface area contributed by atoms with E-state index >= 15 is 0 Å². The number of nitrogens with one attached hydrogen (secondary N) is 1. The molecule has 2 amide bonds. The molecule has 1 atom stereocenters. The summed E-state index contributed by atoms with van der Waals surface area (Å²) in [5.41, 5.74) is 7.44. The molecule has 3 N–H and O–H groups in total. The van der Waals surface area contributed by atoms with Gasteiger partial charge in [0.05, 0.1) is 5.57 Å². The van der Waals surface area contributed by atoms with E-state index in [1.165, 1.54) is 6.08 Å². The highest BCUT2D eigenvalue weighted by atomic mass is 16.2. The third kappa shape index (κ3) is 4.38. The normalized spacial score (nSPS) is 22.4. The van der Waals surface area contributed by atoms with E-state index in [0.29, 0.717) is 24.0 Å². The van der Waals surface area contributed by atoms with E-state index in [4.69, 9.17) is 5.73 Å². The zero-order valence-electron chi connectivity index (χ0n) is 16.6. The SMILES string of the molecule is C=CC(=O)N1CCC([C@@H]2CCN/C(=C(/Cc3ccccc3)C(N)=O)N2C)CC1. The zero-order chi connectivity index (χ0) is 20.1. The largest absolute Gasteiger partial charge is 0.371 e. The van der Waals surface area contributed by atoms with Crippen molar-refractivity contribution in [2.75, 3.05) is 26.7 Å². The fourth-order valence-corrected chi connectivity index (χ4v) is 4.42. The highest BCUT2D eigenvalue weighted by molar-refractivity contribution is 5.93. The van der Waals surface area contributed by atoms with E-state index < -0.39 is 0 Å². The second-order valence-electron chi connectivity index (χ2n) is 7.61. The molecule has 0 bridgehead atoms. The van der Waals surface area contributed by atoms with Crippen LogP contribution in [0.3, 0.4) is 0 Å². The number of benzene rings is 1. The van der Waals surface area contributed by atoms with Crippen molar-refractivity contribution in [1.82, 2.24) is 15.1 Å². The molecule has 2 heterocycles. The van der Waals surface area contributed by atoms with Crippen LogP contribution in [0.25, 0.3) is 0 Å².